The smallest absolute Gasteiger partial charge is 0.248 e. The van der Waals surface area contributed by atoms with Gasteiger partial charge < -0.3 is 21.3 Å². The Morgan fingerprint density at radius 2 is 1.85 bits per heavy atom. The topological polar surface area (TPSA) is 101 Å². The fourth-order valence-corrected chi connectivity index (χ4v) is 2.80. The molecule has 0 aliphatic carbocycles. The first kappa shape index (κ1) is 20.0. The third-order valence-corrected chi connectivity index (χ3v) is 4.21. The van der Waals surface area contributed by atoms with Gasteiger partial charge in [-0.05, 0) is 29.8 Å². The predicted octanol–water partition coefficient (Wildman–Crippen LogP) is 1.44. The lowest BCUT2D eigenvalue weighted by Crippen LogP contribution is -2.51. The number of pyridine rings is 1. The van der Waals surface area contributed by atoms with Gasteiger partial charge in [0, 0.05) is 37.9 Å². The van der Waals surface area contributed by atoms with E-state index in [9.17, 15) is 4.79 Å². The average molecular weight is 466 g/mol. The number of halogens is 1. The Morgan fingerprint density at radius 3 is 2.50 bits per heavy atom. The van der Waals surface area contributed by atoms with Crippen LogP contribution in [0.15, 0.2) is 53.7 Å². The van der Waals surface area contributed by atoms with E-state index >= 15 is 0 Å². The highest BCUT2D eigenvalue weighted by molar-refractivity contribution is 14.0. The molecule has 1 fully saturated rings. The van der Waals surface area contributed by atoms with Crippen LogP contribution in [0.4, 0.5) is 5.82 Å². The van der Waals surface area contributed by atoms with Crippen LogP contribution in [0.5, 0.6) is 0 Å². The van der Waals surface area contributed by atoms with Crippen LogP contribution in [-0.4, -0.2) is 47.9 Å². The van der Waals surface area contributed by atoms with Gasteiger partial charge in [0.2, 0.25) is 5.91 Å². The minimum Gasteiger partial charge on any atom is -0.370 e. The summed E-state index contributed by atoms with van der Waals surface area (Å²) in [7, 11) is 0. The molecule has 0 bridgehead atoms. The monoisotopic (exact) mass is 466 g/mol. The molecule has 1 amide bonds. The van der Waals surface area contributed by atoms with Gasteiger partial charge in [0.15, 0.2) is 5.96 Å². The number of hydrogen-bond acceptors (Lipinski definition) is 4. The van der Waals surface area contributed by atoms with E-state index in [4.69, 9.17) is 11.5 Å². The molecule has 1 aliphatic rings. The molecule has 1 saturated heterocycles. The van der Waals surface area contributed by atoms with Gasteiger partial charge in [-0.3, -0.25) is 4.79 Å². The summed E-state index contributed by atoms with van der Waals surface area (Å²) in [6.07, 6.45) is 1.80. The second-order valence-corrected chi connectivity index (χ2v) is 5.90. The molecule has 0 atom stereocenters. The Labute approximate surface area is 170 Å². The van der Waals surface area contributed by atoms with Crippen molar-refractivity contribution >= 4 is 41.7 Å². The van der Waals surface area contributed by atoms with Crippen molar-refractivity contribution in [1.82, 2.24) is 9.88 Å². The summed E-state index contributed by atoms with van der Waals surface area (Å²) in [6.45, 7) is 3.72. The number of rotatable bonds is 4. The molecule has 0 radical (unpaired) electrons. The lowest BCUT2D eigenvalue weighted by atomic mass is 10.1. The SMILES string of the molecule is I.NC(=O)c1cccc(CN=C(N)N2CCN(c3ccccn3)CC2)c1. The summed E-state index contributed by atoms with van der Waals surface area (Å²) in [6, 6.07) is 13.1. The molecule has 8 heteroatoms. The maximum absolute atomic E-state index is 11.2. The number of nitrogens with zero attached hydrogens (tertiary/aromatic N) is 4. The fraction of sp³-hybridized carbons (Fsp3) is 0.278. The minimum atomic E-state index is -0.440. The Kier molecular flexibility index (Phi) is 7.19. The first-order chi connectivity index (χ1) is 12.1. The normalized spacial score (nSPS) is 14.7. The molecule has 138 valence electrons. The lowest BCUT2D eigenvalue weighted by molar-refractivity contribution is 0.1000. The average Bonchev–Trinajstić information content (AvgIpc) is 2.67. The second-order valence-electron chi connectivity index (χ2n) is 5.90. The zero-order valence-corrected chi connectivity index (χ0v) is 16.7. The maximum atomic E-state index is 11.2. The Morgan fingerprint density at radius 1 is 1.08 bits per heavy atom. The number of carbonyl (C=O) groups is 1. The number of aliphatic imine (C=N–C) groups is 1. The van der Waals surface area contributed by atoms with Gasteiger partial charge in [-0.2, -0.15) is 0 Å². The van der Waals surface area contributed by atoms with Crippen LogP contribution in [0.1, 0.15) is 15.9 Å². The van der Waals surface area contributed by atoms with Crippen LogP contribution in [-0.2, 0) is 6.54 Å². The van der Waals surface area contributed by atoms with E-state index in [1.165, 1.54) is 0 Å². The van der Waals surface area contributed by atoms with Crippen LogP contribution < -0.4 is 16.4 Å². The summed E-state index contributed by atoms with van der Waals surface area (Å²) in [5.74, 6) is 1.07. The van der Waals surface area contributed by atoms with Crippen LogP contribution in [0, 0.1) is 0 Å². The van der Waals surface area contributed by atoms with E-state index in [0.29, 0.717) is 18.1 Å². The minimum absolute atomic E-state index is 0. The van der Waals surface area contributed by atoms with Crippen molar-refractivity contribution in [2.75, 3.05) is 31.1 Å². The summed E-state index contributed by atoms with van der Waals surface area (Å²) < 4.78 is 0. The van der Waals surface area contributed by atoms with Crippen LogP contribution in [0.25, 0.3) is 0 Å². The lowest BCUT2D eigenvalue weighted by Gasteiger charge is -2.35. The van der Waals surface area contributed by atoms with Gasteiger partial charge in [-0.25, -0.2) is 9.98 Å². The van der Waals surface area contributed by atoms with Crippen LogP contribution in [0.3, 0.4) is 0 Å². The van der Waals surface area contributed by atoms with Gasteiger partial charge in [0.25, 0.3) is 0 Å². The number of benzene rings is 1. The van der Waals surface area contributed by atoms with Gasteiger partial charge >= 0.3 is 0 Å². The van der Waals surface area contributed by atoms with E-state index in [0.717, 1.165) is 37.6 Å². The molecular formula is C18H23IN6O. The summed E-state index contributed by atoms with van der Waals surface area (Å²) in [4.78, 5) is 24.4. The van der Waals surface area contributed by atoms with Gasteiger partial charge in [-0.1, -0.05) is 18.2 Å². The van der Waals surface area contributed by atoms with Crippen molar-refractivity contribution in [3.63, 3.8) is 0 Å². The van der Waals surface area contributed by atoms with Gasteiger partial charge in [-0.15, -0.1) is 24.0 Å². The molecule has 0 spiro atoms. The molecular weight excluding hydrogens is 443 g/mol. The fourth-order valence-electron chi connectivity index (χ4n) is 2.80. The third kappa shape index (κ3) is 5.07. The predicted molar refractivity (Wildman–Crippen MR) is 114 cm³/mol. The highest BCUT2D eigenvalue weighted by Crippen LogP contribution is 2.12. The molecule has 3 rings (SSSR count). The number of hydrogen-bond donors (Lipinski definition) is 2. The number of nitrogens with two attached hydrogens (primary N) is 2. The molecule has 1 aromatic carbocycles. The van der Waals surface area contributed by atoms with Crippen molar-refractivity contribution in [3.05, 3.63) is 59.8 Å². The van der Waals surface area contributed by atoms with Crippen molar-refractivity contribution in [1.29, 1.82) is 0 Å². The first-order valence-corrected chi connectivity index (χ1v) is 8.23. The molecule has 4 N–H and O–H groups in total. The Bertz CT molecular complexity index is 759. The van der Waals surface area contributed by atoms with E-state index in [1.54, 1.807) is 24.4 Å². The van der Waals surface area contributed by atoms with E-state index in [2.05, 4.69) is 19.8 Å². The van der Waals surface area contributed by atoms with Crippen molar-refractivity contribution < 1.29 is 4.79 Å². The molecule has 1 aliphatic heterocycles. The number of amides is 1. The summed E-state index contributed by atoms with van der Waals surface area (Å²) in [5, 5.41) is 0. The molecule has 1 aromatic heterocycles. The van der Waals surface area contributed by atoms with Gasteiger partial charge in [0.05, 0.1) is 6.54 Å². The summed E-state index contributed by atoms with van der Waals surface area (Å²) in [5.41, 5.74) is 12.8. The zero-order chi connectivity index (χ0) is 17.6. The highest BCUT2D eigenvalue weighted by Gasteiger charge is 2.18. The van der Waals surface area contributed by atoms with Crippen molar-refractivity contribution in [3.8, 4) is 0 Å². The standard InChI is InChI=1S/C18H22N6O.HI/c19-17(25)15-5-3-4-14(12-15)13-22-18(20)24-10-8-23(9-11-24)16-6-1-2-7-21-16;/h1-7,12H,8-11,13H2,(H2,19,25)(H2,20,22);1H. The first-order valence-electron chi connectivity index (χ1n) is 8.23. The molecule has 2 aromatic rings. The third-order valence-electron chi connectivity index (χ3n) is 4.21. The highest BCUT2D eigenvalue weighted by atomic mass is 127. The van der Waals surface area contributed by atoms with Crippen LogP contribution >= 0.6 is 24.0 Å². The van der Waals surface area contributed by atoms with Crippen molar-refractivity contribution in [2.45, 2.75) is 6.54 Å². The maximum Gasteiger partial charge on any atom is 0.248 e. The van der Waals surface area contributed by atoms with E-state index in [-0.39, 0.29) is 24.0 Å². The Hall–Kier alpha value is -2.36. The molecule has 26 heavy (non-hydrogen) atoms. The molecule has 0 saturated carbocycles. The summed E-state index contributed by atoms with van der Waals surface area (Å²) >= 11 is 0. The molecule has 0 unspecified atom stereocenters. The van der Waals surface area contributed by atoms with Crippen molar-refractivity contribution in [2.24, 2.45) is 16.5 Å². The number of anilines is 1. The quantitative estimate of drug-likeness (QED) is 0.404. The number of piperazine rings is 1. The largest absolute Gasteiger partial charge is 0.370 e. The molecule has 2 heterocycles. The van der Waals surface area contributed by atoms with Crippen LogP contribution in [0.2, 0.25) is 0 Å². The number of primary amides is 1. The molecule has 7 nitrogen and oxygen atoms in total. The zero-order valence-electron chi connectivity index (χ0n) is 14.4. The number of carbonyl (C=O) groups excluding carboxylic acids is 1. The van der Waals surface area contributed by atoms with E-state index in [1.807, 2.05) is 24.3 Å². The number of aromatic nitrogens is 1. The second kappa shape index (κ2) is 9.37. The number of guanidine groups is 1. The van der Waals surface area contributed by atoms with Gasteiger partial charge in [0.1, 0.15) is 5.82 Å². The van der Waals surface area contributed by atoms with E-state index < -0.39 is 5.91 Å². The Balaban J connectivity index is 0.00000243.